The third-order valence-corrected chi connectivity index (χ3v) is 4.01. The SMILES string of the molecule is CC[NH2+]Cc1nc2cnc3ccccc3c2n1CCCCN. The van der Waals surface area contributed by atoms with E-state index in [9.17, 15) is 0 Å². The van der Waals surface area contributed by atoms with Crippen LogP contribution in [0, 0.1) is 0 Å². The zero-order valence-corrected chi connectivity index (χ0v) is 13.1. The zero-order valence-electron chi connectivity index (χ0n) is 13.1. The number of nitrogens with two attached hydrogens (primary N) is 2. The van der Waals surface area contributed by atoms with Gasteiger partial charge in [0.05, 0.1) is 23.8 Å². The molecule has 0 bridgehead atoms. The monoisotopic (exact) mass is 298 g/mol. The number of pyridine rings is 1. The molecule has 0 unspecified atom stereocenters. The van der Waals surface area contributed by atoms with E-state index in [2.05, 4.69) is 40.0 Å². The number of aryl methyl sites for hydroxylation is 1. The molecule has 3 aromatic rings. The lowest BCUT2D eigenvalue weighted by Gasteiger charge is -2.09. The minimum Gasteiger partial charge on any atom is -0.340 e. The van der Waals surface area contributed by atoms with Crippen molar-refractivity contribution >= 4 is 21.9 Å². The number of quaternary nitrogens is 1. The topological polar surface area (TPSA) is 73.3 Å². The molecule has 5 nitrogen and oxygen atoms in total. The summed E-state index contributed by atoms with van der Waals surface area (Å²) in [6.07, 6.45) is 4.02. The fourth-order valence-corrected chi connectivity index (χ4v) is 2.89. The third kappa shape index (κ3) is 2.82. The number of benzene rings is 1. The molecule has 0 aliphatic heterocycles. The molecule has 1 aromatic carbocycles. The summed E-state index contributed by atoms with van der Waals surface area (Å²) in [5, 5.41) is 3.46. The first-order chi connectivity index (χ1) is 10.8. The number of para-hydroxylation sites is 1. The molecule has 0 atom stereocenters. The maximum absolute atomic E-state index is 5.65. The summed E-state index contributed by atoms with van der Waals surface area (Å²) in [6, 6.07) is 8.30. The highest BCUT2D eigenvalue weighted by atomic mass is 15.1. The second-order valence-electron chi connectivity index (χ2n) is 5.59. The zero-order chi connectivity index (χ0) is 15.4. The minimum absolute atomic E-state index is 0.741. The average Bonchev–Trinajstić information content (AvgIpc) is 2.91. The summed E-state index contributed by atoms with van der Waals surface area (Å²) in [5.41, 5.74) is 8.88. The Hall–Kier alpha value is -1.98. The summed E-state index contributed by atoms with van der Waals surface area (Å²) < 4.78 is 2.36. The molecule has 0 fully saturated rings. The van der Waals surface area contributed by atoms with Crippen LogP contribution in [0.25, 0.3) is 21.9 Å². The normalized spacial score (nSPS) is 11.5. The minimum atomic E-state index is 0.741. The molecule has 0 amide bonds. The molecule has 116 valence electrons. The van der Waals surface area contributed by atoms with Crippen molar-refractivity contribution in [3.8, 4) is 0 Å². The van der Waals surface area contributed by atoms with Gasteiger partial charge in [0.2, 0.25) is 0 Å². The number of nitrogens with zero attached hydrogens (tertiary/aromatic N) is 3. The number of fused-ring (bicyclic) bond motifs is 3. The highest BCUT2D eigenvalue weighted by molar-refractivity contribution is 6.02. The summed E-state index contributed by atoms with van der Waals surface area (Å²) >= 11 is 0. The van der Waals surface area contributed by atoms with E-state index in [-0.39, 0.29) is 0 Å². The average molecular weight is 298 g/mol. The highest BCUT2D eigenvalue weighted by Gasteiger charge is 2.14. The van der Waals surface area contributed by atoms with Crippen molar-refractivity contribution in [2.75, 3.05) is 13.1 Å². The van der Waals surface area contributed by atoms with Crippen LogP contribution in [-0.2, 0) is 13.1 Å². The van der Waals surface area contributed by atoms with Crippen LogP contribution in [0.5, 0.6) is 0 Å². The van der Waals surface area contributed by atoms with Gasteiger partial charge in [0.1, 0.15) is 12.1 Å². The number of hydrogen-bond donors (Lipinski definition) is 2. The summed E-state index contributed by atoms with van der Waals surface area (Å²) in [5.74, 6) is 1.13. The van der Waals surface area contributed by atoms with Gasteiger partial charge in [-0.2, -0.15) is 0 Å². The van der Waals surface area contributed by atoms with E-state index >= 15 is 0 Å². The molecule has 0 saturated heterocycles. The van der Waals surface area contributed by atoms with Crippen molar-refractivity contribution in [3.63, 3.8) is 0 Å². The second-order valence-corrected chi connectivity index (χ2v) is 5.59. The van der Waals surface area contributed by atoms with E-state index in [1.807, 2.05) is 12.3 Å². The van der Waals surface area contributed by atoms with Gasteiger partial charge < -0.3 is 15.6 Å². The first-order valence-electron chi connectivity index (χ1n) is 8.09. The predicted molar refractivity (Wildman–Crippen MR) is 89.5 cm³/mol. The Kier molecular flexibility index (Phi) is 4.65. The van der Waals surface area contributed by atoms with Crippen LogP contribution in [0.1, 0.15) is 25.6 Å². The van der Waals surface area contributed by atoms with Crippen LogP contribution in [0.2, 0.25) is 0 Å². The van der Waals surface area contributed by atoms with Crippen molar-refractivity contribution in [2.45, 2.75) is 32.9 Å². The number of hydrogen-bond acceptors (Lipinski definition) is 3. The van der Waals surface area contributed by atoms with Gasteiger partial charge in [0.15, 0.2) is 5.82 Å². The Morgan fingerprint density at radius 1 is 1.18 bits per heavy atom. The number of rotatable bonds is 7. The Balaban J connectivity index is 2.12. The molecule has 2 heterocycles. The number of imidazole rings is 1. The van der Waals surface area contributed by atoms with E-state index in [0.29, 0.717) is 0 Å². The van der Waals surface area contributed by atoms with Crippen molar-refractivity contribution in [3.05, 3.63) is 36.3 Å². The summed E-state index contributed by atoms with van der Waals surface area (Å²) in [6.45, 7) is 5.84. The van der Waals surface area contributed by atoms with Crippen LogP contribution in [0.3, 0.4) is 0 Å². The van der Waals surface area contributed by atoms with Crippen LogP contribution in [-0.4, -0.2) is 27.6 Å². The fourth-order valence-electron chi connectivity index (χ4n) is 2.89. The van der Waals surface area contributed by atoms with Crippen LogP contribution >= 0.6 is 0 Å². The molecule has 3 rings (SSSR count). The van der Waals surface area contributed by atoms with E-state index < -0.39 is 0 Å². The molecule has 0 radical (unpaired) electrons. The van der Waals surface area contributed by atoms with Crippen LogP contribution < -0.4 is 11.1 Å². The smallest absolute Gasteiger partial charge is 0.165 e. The maximum atomic E-state index is 5.65. The quantitative estimate of drug-likeness (QED) is 0.648. The Labute approximate surface area is 130 Å². The Bertz CT molecular complexity index is 762. The van der Waals surface area contributed by atoms with Crippen LogP contribution in [0.4, 0.5) is 0 Å². The van der Waals surface area contributed by atoms with Gasteiger partial charge >= 0.3 is 0 Å². The third-order valence-electron chi connectivity index (χ3n) is 4.01. The number of unbranched alkanes of at least 4 members (excludes halogenated alkanes) is 1. The summed E-state index contributed by atoms with van der Waals surface area (Å²) in [7, 11) is 0. The van der Waals surface area contributed by atoms with E-state index in [0.717, 1.165) is 55.9 Å². The molecule has 5 heteroatoms. The van der Waals surface area contributed by atoms with Gasteiger partial charge in [-0.3, -0.25) is 4.98 Å². The molecule has 2 aromatic heterocycles. The molecule has 0 aliphatic carbocycles. The van der Waals surface area contributed by atoms with E-state index in [4.69, 9.17) is 10.7 Å². The lowest BCUT2D eigenvalue weighted by Crippen LogP contribution is -2.82. The number of aromatic nitrogens is 3. The molecule has 22 heavy (non-hydrogen) atoms. The largest absolute Gasteiger partial charge is 0.340 e. The van der Waals surface area contributed by atoms with Gasteiger partial charge in [-0.25, -0.2) is 4.98 Å². The van der Waals surface area contributed by atoms with Gasteiger partial charge in [-0.1, -0.05) is 18.2 Å². The lowest BCUT2D eigenvalue weighted by molar-refractivity contribution is -0.668. The van der Waals surface area contributed by atoms with Crippen molar-refractivity contribution in [1.29, 1.82) is 0 Å². The van der Waals surface area contributed by atoms with E-state index in [1.165, 1.54) is 10.9 Å². The van der Waals surface area contributed by atoms with Crippen molar-refractivity contribution in [1.82, 2.24) is 14.5 Å². The molecule has 4 N–H and O–H groups in total. The lowest BCUT2D eigenvalue weighted by atomic mass is 10.2. The van der Waals surface area contributed by atoms with Gasteiger partial charge in [-0.05, 0) is 32.4 Å². The van der Waals surface area contributed by atoms with Crippen molar-refractivity contribution in [2.24, 2.45) is 5.73 Å². The van der Waals surface area contributed by atoms with Gasteiger partial charge in [0.25, 0.3) is 0 Å². The first-order valence-corrected chi connectivity index (χ1v) is 8.09. The van der Waals surface area contributed by atoms with Gasteiger partial charge in [-0.15, -0.1) is 0 Å². The van der Waals surface area contributed by atoms with Gasteiger partial charge in [0, 0.05) is 11.9 Å². The molecular formula is C17H24N5+. The standard InChI is InChI=1S/C17H23N5/c1-2-19-12-16-21-15-11-20-14-8-4-3-7-13(14)17(15)22(16)10-6-5-9-18/h3-4,7-8,11,19H,2,5-6,9-10,12,18H2,1H3/p+1. The molecule has 0 saturated carbocycles. The summed E-state index contributed by atoms with van der Waals surface area (Å²) in [4.78, 5) is 9.35. The predicted octanol–water partition coefficient (Wildman–Crippen LogP) is 1.41. The van der Waals surface area contributed by atoms with Crippen molar-refractivity contribution < 1.29 is 5.32 Å². The molecule has 0 spiro atoms. The molecule has 0 aliphatic rings. The van der Waals surface area contributed by atoms with Crippen LogP contribution in [0.15, 0.2) is 30.5 Å². The Morgan fingerprint density at radius 3 is 2.86 bits per heavy atom. The fraction of sp³-hybridized carbons (Fsp3) is 0.412. The second kappa shape index (κ2) is 6.85. The highest BCUT2D eigenvalue weighted by Crippen LogP contribution is 2.24. The molecular weight excluding hydrogens is 274 g/mol. The first kappa shape index (κ1) is 14.9. The Morgan fingerprint density at radius 2 is 2.05 bits per heavy atom. The van der Waals surface area contributed by atoms with E-state index in [1.54, 1.807) is 0 Å². The maximum Gasteiger partial charge on any atom is 0.165 e.